The topological polar surface area (TPSA) is 132 Å². The minimum absolute atomic E-state index is 0.0823. The van der Waals surface area contributed by atoms with Crippen molar-refractivity contribution in [2.75, 3.05) is 4.90 Å². The zero-order valence-corrected chi connectivity index (χ0v) is 33.5. The number of amides is 1. The Labute approximate surface area is 313 Å². The molecule has 1 aromatic carbocycles. The molecule has 2 fully saturated rings. The molecule has 0 aliphatic heterocycles. The maximum absolute atomic E-state index is 13.8. The number of esters is 1. The van der Waals surface area contributed by atoms with E-state index >= 15 is 0 Å². The molecule has 0 saturated heterocycles. The molecule has 0 N–H and O–H groups in total. The van der Waals surface area contributed by atoms with Crippen LogP contribution in [0.3, 0.4) is 0 Å². The standard InChI is InChI=1S/C41H52N6O5Si/c1-26(48)50-25-38-44-33-17-12-29(22-35(33)46(38)31-13-15-32(16-14-31)52-53(8,9)41(5,6)7)34-21-30(28-10-11-28)23-37(45-34)47(39(49)51-40(2,3)4)36-20-27(24-42)18-19-43-36/h12,17-23,28,31-32H,10-11,13-16,25H2,1-9H3/t31-,32-. The largest absolute Gasteiger partial charge is 0.458 e. The van der Waals surface area contributed by atoms with Crippen molar-refractivity contribution in [1.82, 2.24) is 19.5 Å². The average Bonchev–Trinajstić information content (AvgIpc) is 3.87. The summed E-state index contributed by atoms with van der Waals surface area (Å²) >= 11 is 0. The Morgan fingerprint density at radius 2 is 1.66 bits per heavy atom. The molecule has 1 amide bonds. The fourth-order valence-corrected chi connectivity index (χ4v) is 8.09. The van der Waals surface area contributed by atoms with Crippen molar-refractivity contribution in [3.8, 4) is 17.3 Å². The van der Waals surface area contributed by atoms with Gasteiger partial charge in [-0.3, -0.25) is 4.79 Å². The van der Waals surface area contributed by atoms with Crippen LogP contribution in [0.15, 0.2) is 48.7 Å². The number of pyridine rings is 2. The zero-order valence-electron chi connectivity index (χ0n) is 32.5. The number of fused-ring (bicyclic) bond motifs is 1. The van der Waals surface area contributed by atoms with E-state index in [2.05, 4.69) is 61.6 Å². The highest BCUT2D eigenvalue weighted by molar-refractivity contribution is 6.74. The van der Waals surface area contributed by atoms with Crippen molar-refractivity contribution in [2.45, 2.75) is 135 Å². The molecular weight excluding hydrogens is 685 g/mol. The van der Waals surface area contributed by atoms with E-state index in [9.17, 15) is 14.9 Å². The van der Waals surface area contributed by atoms with Crippen LogP contribution in [0.25, 0.3) is 22.3 Å². The summed E-state index contributed by atoms with van der Waals surface area (Å²) in [6, 6.07) is 15.6. The van der Waals surface area contributed by atoms with E-state index in [1.807, 2.05) is 39.0 Å². The molecule has 12 heteroatoms. The molecule has 0 atom stereocenters. The second-order valence-electron chi connectivity index (χ2n) is 16.9. The second kappa shape index (κ2) is 14.7. The molecule has 3 heterocycles. The number of hydrogen-bond acceptors (Lipinski definition) is 9. The molecule has 0 radical (unpaired) electrons. The predicted octanol–water partition coefficient (Wildman–Crippen LogP) is 9.88. The van der Waals surface area contributed by atoms with Crippen molar-refractivity contribution in [3.63, 3.8) is 0 Å². The number of anilines is 2. The average molecular weight is 737 g/mol. The van der Waals surface area contributed by atoms with Crippen LogP contribution in [-0.2, 0) is 25.3 Å². The summed E-state index contributed by atoms with van der Waals surface area (Å²) in [5.41, 5.74) is 3.96. The predicted molar refractivity (Wildman–Crippen MR) is 207 cm³/mol. The van der Waals surface area contributed by atoms with Gasteiger partial charge in [0.25, 0.3) is 0 Å². The van der Waals surface area contributed by atoms with E-state index in [0.717, 1.165) is 60.7 Å². The van der Waals surface area contributed by atoms with E-state index in [4.69, 9.17) is 23.9 Å². The van der Waals surface area contributed by atoms with Crippen LogP contribution in [0, 0.1) is 11.3 Å². The van der Waals surface area contributed by atoms with Gasteiger partial charge in [-0.05, 0) is 125 Å². The SMILES string of the molecule is CC(=O)OCc1nc2ccc(-c3cc(C4CC4)cc(N(C(=O)OC(C)(C)C)c4cc(C#N)ccn4)n3)cc2n1[C@H]1CC[C@H](O[Si](C)(C)C(C)(C)C)CC1. The molecule has 0 spiro atoms. The van der Waals surface area contributed by atoms with Crippen molar-refractivity contribution in [2.24, 2.45) is 0 Å². The Hall–Kier alpha value is -4.60. The van der Waals surface area contributed by atoms with Gasteiger partial charge in [0.1, 0.15) is 29.7 Å². The van der Waals surface area contributed by atoms with E-state index in [-0.39, 0.29) is 35.6 Å². The first-order valence-corrected chi connectivity index (χ1v) is 21.6. The summed E-state index contributed by atoms with van der Waals surface area (Å²) in [6.07, 6.45) is 6.91. The molecule has 4 aromatic rings. The van der Waals surface area contributed by atoms with Gasteiger partial charge in [-0.2, -0.15) is 5.26 Å². The highest BCUT2D eigenvalue weighted by atomic mass is 28.4. The van der Waals surface area contributed by atoms with Gasteiger partial charge in [0.2, 0.25) is 0 Å². The smallest absolute Gasteiger partial charge is 0.421 e. The van der Waals surface area contributed by atoms with E-state index in [1.54, 1.807) is 12.1 Å². The van der Waals surface area contributed by atoms with Crippen LogP contribution in [0.1, 0.15) is 116 Å². The lowest BCUT2D eigenvalue weighted by Gasteiger charge is -2.41. The fourth-order valence-electron chi connectivity index (χ4n) is 6.67. The van der Waals surface area contributed by atoms with Gasteiger partial charge < -0.3 is 18.5 Å². The number of nitrogens with zero attached hydrogens (tertiary/aromatic N) is 6. The monoisotopic (exact) mass is 736 g/mol. The third-order valence-electron chi connectivity index (χ3n) is 10.5. The lowest BCUT2D eigenvalue weighted by Crippen LogP contribution is -2.44. The number of carbonyl (C=O) groups excluding carboxylic acids is 2. The van der Waals surface area contributed by atoms with Crippen molar-refractivity contribution in [1.29, 1.82) is 5.26 Å². The number of imidazole rings is 1. The first-order chi connectivity index (χ1) is 24.9. The third-order valence-corrected chi connectivity index (χ3v) is 15.1. The van der Waals surface area contributed by atoms with Gasteiger partial charge in [-0.25, -0.2) is 24.6 Å². The van der Waals surface area contributed by atoms with Gasteiger partial charge in [-0.1, -0.05) is 26.8 Å². The Balaban J connectivity index is 1.41. The molecule has 3 aromatic heterocycles. The summed E-state index contributed by atoms with van der Waals surface area (Å²) in [4.78, 5) is 41.6. The van der Waals surface area contributed by atoms with E-state index in [1.165, 1.54) is 18.0 Å². The molecule has 11 nitrogen and oxygen atoms in total. The number of carbonyl (C=O) groups is 2. The minimum Gasteiger partial charge on any atom is -0.458 e. The molecule has 280 valence electrons. The Kier molecular flexibility index (Phi) is 10.6. The zero-order chi connectivity index (χ0) is 38.3. The number of benzene rings is 1. The van der Waals surface area contributed by atoms with Crippen LogP contribution >= 0.6 is 0 Å². The van der Waals surface area contributed by atoms with Crippen LogP contribution in [0.4, 0.5) is 16.4 Å². The van der Waals surface area contributed by atoms with Crippen molar-refractivity contribution < 1.29 is 23.5 Å². The molecule has 53 heavy (non-hydrogen) atoms. The summed E-state index contributed by atoms with van der Waals surface area (Å²) in [5.74, 6) is 1.32. The summed E-state index contributed by atoms with van der Waals surface area (Å²) in [5, 5.41) is 9.79. The molecular formula is C41H52N6O5Si. The highest BCUT2D eigenvalue weighted by Crippen LogP contribution is 2.44. The first kappa shape index (κ1) is 38.1. The van der Waals surface area contributed by atoms with Gasteiger partial charge in [0.15, 0.2) is 8.32 Å². The maximum atomic E-state index is 13.8. The third kappa shape index (κ3) is 8.79. The molecule has 2 aliphatic carbocycles. The molecule has 0 bridgehead atoms. The van der Waals surface area contributed by atoms with Gasteiger partial charge in [0, 0.05) is 30.8 Å². The number of hydrogen-bond donors (Lipinski definition) is 0. The lowest BCUT2D eigenvalue weighted by atomic mass is 9.92. The fraction of sp³-hybridized carbons (Fsp3) is 0.512. The highest BCUT2D eigenvalue weighted by Gasteiger charge is 2.40. The van der Waals surface area contributed by atoms with Gasteiger partial charge in [0.05, 0.1) is 28.4 Å². The quantitative estimate of drug-likeness (QED) is 0.122. The van der Waals surface area contributed by atoms with E-state index < -0.39 is 20.0 Å². The van der Waals surface area contributed by atoms with Crippen molar-refractivity contribution >= 4 is 43.0 Å². The van der Waals surface area contributed by atoms with Crippen molar-refractivity contribution in [3.05, 3.63) is 65.6 Å². The van der Waals surface area contributed by atoms with Crippen LogP contribution < -0.4 is 4.90 Å². The Morgan fingerprint density at radius 1 is 0.943 bits per heavy atom. The Bertz CT molecular complexity index is 2040. The van der Waals surface area contributed by atoms with Gasteiger partial charge >= 0.3 is 12.1 Å². The second-order valence-corrected chi connectivity index (χ2v) is 21.7. The summed E-state index contributed by atoms with van der Waals surface area (Å²) < 4.78 is 20.4. The normalized spacial score (nSPS) is 18.0. The number of nitriles is 1. The van der Waals surface area contributed by atoms with E-state index in [0.29, 0.717) is 28.8 Å². The Morgan fingerprint density at radius 3 is 2.28 bits per heavy atom. The number of ether oxygens (including phenoxy) is 2. The first-order valence-electron chi connectivity index (χ1n) is 18.7. The lowest BCUT2D eigenvalue weighted by molar-refractivity contribution is -0.142. The molecule has 2 saturated carbocycles. The minimum atomic E-state index is -1.91. The molecule has 0 unspecified atom stereocenters. The summed E-state index contributed by atoms with van der Waals surface area (Å²) in [6.45, 7) is 18.4. The molecule has 6 rings (SSSR count). The van der Waals surface area contributed by atoms with Crippen LogP contribution in [0.2, 0.25) is 18.1 Å². The van der Waals surface area contributed by atoms with Crippen LogP contribution in [0.5, 0.6) is 0 Å². The van der Waals surface area contributed by atoms with Crippen LogP contribution in [-0.4, -0.2) is 51.6 Å². The summed E-state index contributed by atoms with van der Waals surface area (Å²) in [7, 11) is -1.91. The van der Waals surface area contributed by atoms with Gasteiger partial charge in [-0.15, -0.1) is 0 Å². The number of aromatic nitrogens is 4. The number of rotatable bonds is 9. The maximum Gasteiger partial charge on any atom is 0.421 e. The molecule has 2 aliphatic rings.